The maximum atomic E-state index is 14.8. The molecule has 0 aromatic heterocycles. The second-order valence-electron chi connectivity index (χ2n) is 17.9. The van der Waals surface area contributed by atoms with Crippen molar-refractivity contribution in [3.8, 4) is 0 Å². The molecule has 3 aliphatic heterocycles. The first-order chi connectivity index (χ1) is 28.0. The van der Waals surface area contributed by atoms with Gasteiger partial charge in [0.25, 0.3) is 0 Å². The number of hydrogen-bond acceptors (Lipinski definition) is 11. The average Bonchev–Trinajstić information content (AvgIpc) is 3.80. The summed E-state index contributed by atoms with van der Waals surface area (Å²) in [4.78, 5) is 30.8. The molecular weight excluding hydrogens is 739 g/mol. The molecule has 0 spiro atoms. The van der Waals surface area contributed by atoms with Gasteiger partial charge in [-0.25, -0.2) is 0 Å². The van der Waals surface area contributed by atoms with E-state index in [4.69, 9.17) is 37.9 Å². The minimum absolute atomic E-state index is 0.0188. The molecule has 3 heterocycles. The van der Waals surface area contributed by atoms with Crippen LogP contribution in [-0.2, 0) is 54.0 Å². The van der Waals surface area contributed by atoms with Crippen LogP contribution in [0, 0.1) is 35.5 Å². The number of likely N-dealkylation sites (N-methyl/N-ethyl adjacent to an activating group) is 1. The number of esters is 1. The van der Waals surface area contributed by atoms with E-state index >= 15 is 0 Å². The Bertz CT molecular complexity index is 1590. The molecule has 6 aliphatic rings. The number of ether oxygens (including phenoxy) is 8. The predicted octanol–water partition coefficient (Wildman–Crippen LogP) is 7.06. The van der Waals surface area contributed by atoms with E-state index in [0.717, 1.165) is 57.1 Å². The number of fused-ring (bicyclic) bond motifs is 5. The van der Waals surface area contributed by atoms with Crippen molar-refractivity contribution >= 4 is 11.8 Å². The van der Waals surface area contributed by atoms with Gasteiger partial charge in [0.1, 0.15) is 24.4 Å². The SMILES string of the molecule is CC[C@H]1CCC[C@H](O[C@H]2CC[C@H](N(C)Cc3ccccc3)C(C)O2)[C@@H](C)C(=O)C2=C[C@@H]3[C@@H](C=C[C@@H]4C[C@@H](O[C@@H]5OC(C)[C@H](OC)C(OC)C5OC)C[C@@H]34)[C@@H]2CC(=O)O1. The number of carbonyl (C=O) groups is 2. The highest BCUT2D eigenvalue weighted by Gasteiger charge is 2.52. The van der Waals surface area contributed by atoms with Crippen molar-refractivity contribution in [3.63, 3.8) is 0 Å². The summed E-state index contributed by atoms with van der Waals surface area (Å²) < 4.78 is 50.0. The molecule has 322 valence electrons. The summed E-state index contributed by atoms with van der Waals surface area (Å²) in [6, 6.07) is 10.8. The molecule has 3 aliphatic carbocycles. The van der Waals surface area contributed by atoms with Crippen molar-refractivity contribution in [2.45, 2.75) is 159 Å². The number of methoxy groups -OCH3 is 3. The Balaban J connectivity index is 1.06. The molecule has 58 heavy (non-hydrogen) atoms. The van der Waals surface area contributed by atoms with Gasteiger partial charge in [0.2, 0.25) is 0 Å². The van der Waals surface area contributed by atoms with Crippen molar-refractivity contribution < 1.29 is 47.5 Å². The van der Waals surface area contributed by atoms with Gasteiger partial charge in [0.15, 0.2) is 18.4 Å². The largest absolute Gasteiger partial charge is 0.462 e. The molecule has 11 nitrogen and oxygen atoms in total. The number of allylic oxidation sites excluding steroid dienone is 4. The van der Waals surface area contributed by atoms with Gasteiger partial charge >= 0.3 is 5.97 Å². The molecule has 4 fully saturated rings. The van der Waals surface area contributed by atoms with E-state index in [-0.39, 0.29) is 109 Å². The number of Topliss-reactive ketones (excluding diaryl/α,β-unsaturated/α-hetero) is 1. The summed E-state index contributed by atoms with van der Waals surface area (Å²) >= 11 is 0. The monoisotopic (exact) mass is 807 g/mol. The van der Waals surface area contributed by atoms with Gasteiger partial charge in [0.05, 0.1) is 30.8 Å². The zero-order valence-corrected chi connectivity index (χ0v) is 36.0. The maximum Gasteiger partial charge on any atom is 0.306 e. The Hall–Kier alpha value is -2.48. The van der Waals surface area contributed by atoms with Crippen LogP contribution in [0.3, 0.4) is 0 Å². The third-order valence-electron chi connectivity index (χ3n) is 14.4. The number of benzene rings is 1. The quantitative estimate of drug-likeness (QED) is 0.169. The highest BCUT2D eigenvalue weighted by molar-refractivity contribution is 5.99. The molecule has 0 bridgehead atoms. The lowest BCUT2D eigenvalue weighted by molar-refractivity contribution is -0.314. The van der Waals surface area contributed by atoms with E-state index in [1.807, 2.05) is 19.9 Å². The molecule has 1 aromatic rings. The number of ketones is 1. The van der Waals surface area contributed by atoms with E-state index in [2.05, 4.69) is 68.3 Å². The molecule has 0 amide bonds. The summed E-state index contributed by atoms with van der Waals surface area (Å²) in [6.07, 6.45) is 10.5. The number of carbonyl (C=O) groups excluding carboxylic acids is 2. The van der Waals surface area contributed by atoms with Crippen LogP contribution >= 0.6 is 0 Å². The minimum Gasteiger partial charge on any atom is -0.462 e. The van der Waals surface area contributed by atoms with Crippen molar-refractivity contribution in [1.82, 2.24) is 4.90 Å². The van der Waals surface area contributed by atoms with E-state index in [9.17, 15) is 9.59 Å². The maximum absolute atomic E-state index is 14.8. The summed E-state index contributed by atoms with van der Waals surface area (Å²) in [7, 11) is 7.14. The average molecular weight is 808 g/mol. The number of nitrogens with zero attached hydrogens (tertiary/aromatic N) is 1. The summed E-state index contributed by atoms with van der Waals surface area (Å²) in [5.41, 5.74) is 2.04. The molecule has 4 unspecified atom stereocenters. The highest BCUT2D eigenvalue weighted by atomic mass is 16.7. The Morgan fingerprint density at radius 1 is 0.810 bits per heavy atom. The van der Waals surface area contributed by atoms with Gasteiger partial charge in [-0.1, -0.05) is 62.4 Å². The highest BCUT2D eigenvalue weighted by Crippen LogP contribution is 2.54. The fourth-order valence-corrected chi connectivity index (χ4v) is 11.3. The molecule has 0 N–H and O–H groups in total. The van der Waals surface area contributed by atoms with Crippen LogP contribution in [0.5, 0.6) is 0 Å². The van der Waals surface area contributed by atoms with Crippen molar-refractivity contribution in [1.29, 1.82) is 0 Å². The number of hydrogen-bond donors (Lipinski definition) is 0. The standard InChI is InChI=1S/C47H69NO10/c1-9-32-16-13-17-40(58-42-21-20-39(28(3)54-42)48(5)26-30-14-11-10-12-15-30)27(2)43(50)38-24-36-34(37(38)25-41(49)56-32)19-18-31-22-33(23-35(31)36)57-47-46(53-8)45(52-7)44(51-6)29(4)55-47/h10-12,14-15,18-19,24,27-29,31-37,39-40,42,44-47H,9,13,16-17,20-23,25-26H2,1-8H3/t27-,28?,29?,31-,32+,33-,34-,35-,36-,37+,39+,40+,42+,44+,45?,46?,47+/m1/s1. The molecule has 0 radical (unpaired) electrons. The van der Waals surface area contributed by atoms with Crippen LogP contribution in [0.4, 0.5) is 0 Å². The lowest BCUT2D eigenvalue weighted by Crippen LogP contribution is -2.59. The first kappa shape index (κ1) is 43.6. The van der Waals surface area contributed by atoms with Gasteiger partial charge in [-0.05, 0) is 107 Å². The lowest BCUT2D eigenvalue weighted by atomic mass is 9.70. The fourth-order valence-electron chi connectivity index (χ4n) is 11.3. The van der Waals surface area contributed by atoms with Gasteiger partial charge in [-0.15, -0.1) is 0 Å². The van der Waals surface area contributed by atoms with Gasteiger partial charge in [0, 0.05) is 45.8 Å². The summed E-state index contributed by atoms with van der Waals surface area (Å²) in [5.74, 6) is -0.0689. The first-order valence-corrected chi connectivity index (χ1v) is 22.1. The van der Waals surface area contributed by atoms with E-state index < -0.39 is 12.4 Å². The molecule has 11 heteroatoms. The first-order valence-electron chi connectivity index (χ1n) is 22.1. The minimum atomic E-state index is -0.601. The lowest BCUT2D eigenvalue weighted by Gasteiger charge is -2.44. The number of cyclic esters (lactones) is 1. The zero-order valence-electron chi connectivity index (χ0n) is 36.0. The van der Waals surface area contributed by atoms with Crippen LogP contribution in [0.25, 0.3) is 0 Å². The van der Waals surface area contributed by atoms with Crippen LogP contribution in [0.15, 0.2) is 54.1 Å². The number of rotatable bonds is 11. The normalized spacial score (nSPS) is 42.2. The fraction of sp³-hybridized carbons (Fsp3) is 0.745. The van der Waals surface area contributed by atoms with E-state index in [1.54, 1.807) is 21.3 Å². The Labute approximate surface area is 346 Å². The van der Waals surface area contributed by atoms with Gasteiger partial charge in [-0.2, -0.15) is 0 Å². The Morgan fingerprint density at radius 3 is 2.28 bits per heavy atom. The van der Waals surface area contributed by atoms with Crippen LogP contribution in [0.2, 0.25) is 0 Å². The third kappa shape index (κ3) is 9.37. The van der Waals surface area contributed by atoms with Gasteiger partial charge < -0.3 is 37.9 Å². The van der Waals surface area contributed by atoms with Crippen LogP contribution in [-0.4, -0.2) is 112 Å². The molecule has 17 atom stereocenters. The molecule has 1 aromatic carbocycles. The molecule has 3 saturated heterocycles. The molecule has 7 rings (SSSR count). The zero-order chi connectivity index (χ0) is 41.1. The Kier molecular flexibility index (Phi) is 14.7. The van der Waals surface area contributed by atoms with Crippen molar-refractivity contribution in [2.24, 2.45) is 35.5 Å². The second kappa shape index (κ2) is 19.5. The smallest absolute Gasteiger partial charge is 0.306 e. The van der Waals surface area contributed by atoms with Crippen molar-refractivity contribution in [3.05, 3.63) is 59.7 Å². The second-order valence-corrected chi connectivity index (χ2v) is 17.9. The van der Waals surface area contributed by atoms with E-state index in [1.165, 1.54) is 5.56 Å². The summed E-state index contributed by atoms with van der Waals surface area (Å²) in [6.45, 7) is 9.07. The summed E-state index contributed by atoms with van der Waals surface area (Å²) in [5, 5.41) is 0. The van der Waals surface area contributed by atoms with E-state index in [0.29, 0.717) is 6.42 Å². The third-order valence-corrected chi connectivity index (χ3v) is 14.4. The molecular formula is C47H69NO10. The Morgan fingerprint density at radius 2 is 1.57 bits per heavy atom. The van der Waals surface area contributed by atoms with Crippen LogP contribution in [0.1, 0.15) is 91.0 Å². The van der Waals surface area contributed by atoms with Crippen LogP contribution < -0.4 is 0 Å². The van der Waals surface area contributed by atoms with Gasteiger partial charge in [-0.3, -0.25) is 14.5 Å². The topological polar surface area (TPSA) is 111 Å². The van der Waals surface area contributed by atoms with Crippen molar-refractivity contribution in [2.75, 3.05) is 28.4 Å². The predicted molar refractivity (Wildman–Crippen MR) is 218 cm³/mol. The molecule has 1 saturated carbocycles.